The average molecular weight is 313 g/mol. The van der Waals surface area contributed by atoms with Crippen LogP contribution in [0.15, 0.2) is 30.3 Å². The topological polar surface area (TPSA) is 29.1 Å². The van der Waals surface area contributed by atoms with Gasteiger partial charge in [0.1, 0.15) is 0 Å². The fraction of sp³-hybridized carbons (Fsp3) is 0.421. The molecule has 22 heavy (non-hydrogen) atoms. The average Bonchev–Trinajstić information content (AvgIpc) is 2.88. The van der Waals surface area contributed by atoms with Gasteiger partial charge in [0.2, 0.25) is 0 Å². The molecule has 0 saturated heterocycles. The summed E-state index contributed by atoms with van der Waals surface area (Å²) in [7, 11) is 0. The van der Waals surface area contributed by atoms with Gasteiger partial charge < -0.3 is 5.32 Å². The maximum atomic E-state index is 12.4. The van der Waals surface area contributed by atoms with E-state index in [2.05, 4.69) is 32.2 Å². The third-order valence-corrected chi connectivity index (χ3v) is 5.40. The van der Waals surface area contributed by atoms with Crippen molar-refractivity contribution in [3.63, 3.8) is 0 Å². The second kappa shape index (κ2) is 5.88. The van der Waals surface area contributed by atoms with Gasteiger partial charge >= 0.3 is 0 Å². The Hall–Kier alpha value is -1.61. The number of hydrogen-bond donors (Lipinski definition) is 1. The van der Waals surface area contributed by atoms with E-state index in [1.807, 2.05) is 24.3 Å². The zero-order valence-corrected chi connectivity index (χ0v) is 14.3. The van der Waals surface area contributed by atoms with Crippen molar-refractivity contribution in [2.45, 2.75) is 51.9 Å². The maximum Gasteiger partial charge on any atom is 0.256 e. The van der Waals surface area contributed by atoms with Crippen molar-refractivity contribution in [3.05, 3.63) is 51.9 Å². The predicted octanol–water partition coefficient (Wildman–Crippen LogP) is 5.18. The molecule has 116 valence electrons. The molecule has 0 bridgehead atoms. The van der Waals surface area contributed by atoms with Gasteiger partial charge in [0.25, 0.3) is 5.91 Å². The number of thiophene rings is 1. The fourth-order valence-electron chi connectivity index (χ4n) is 2.86. The Bertz CT molecular complexity index is 653. The van der Waals surface area contributed by atoms with Crippen molar-refractivity contribution in [1.29, 1.82) is 0 Å². The number of fused-ring (bicyclic) bond motifs is 1. The van der Waals surface area contributed by atoms with E-state index in [4.69, 9.17) is 0 Å². The van der Waals surface area contributed by atoms with E-state index in [9.17, 15) is 4.79 Å². The molecule has 0 unspecified atom stereocenters. The molecule has 0 atom stereocenters. The lowest BCUT2D eigenvalue weighted by molar-refractivity contribution is 0.102. The summed E-state index contributed by atoms with van der Waals surface area (Å²) < 4.78 is 0. The summed E-state index contributed by atoms with van der Waals surface area (Å²) in [5, 5.41) is 4.04. The molecule has 1 aliphatic carbocycles. The fourth-order valence-corrected chi connectivity index (χ4v) is 4.01. The van der Waals surface area contributed by atoms with E-state index in [1.165, 1.54) is 28.8 Å². The second-order valence-corrected chi connectivity index (χ2v) is 8.18. The maximum absolute atomic E-state index is 12.4. The quantitative estimate of drug-likeness (QED) is 0.813. The normalized spacial score (nSPS) is 14.5. The zero-order chi connectivity index (χ0) is 15.7. The Morgan fingerprint density at radius 2 is 1.77 bits per heavy atom. The van der Waals surface area contributed by atoms with Crippen LogP contribution < -0.4 is 5.32 Å². The molecule has 1 heterocycles. The molecule has 3 heteroatoms. The lowest BCUT2D eigenvalue weighted by atomic mass is 9.87. The molecule has 0 saturated carbocycles. The van der Waals surface area contributed by atoms with Crippen molar-refractivity contribution in [2.24, 2.45) is 0 Å². The van der Waals surface area contributed by atoms with Crippen LogP contribution in [0.3, 0.4) is 0 Å². The summed E-state index contributed by atoms with van der Waals surface area (Å²) in [6.45, 7) is 6.54. The van der Waals surface area contributed by atoms with Gasteiger partial charge in [-0.25, -0.2) is 0 Å². The first-order valence-corrected chi connectivity index (χ1v) is 8.78. The van der Waals surface area contributed by atoms with Crippen LogP contribution in [0, 0.1) is 0 Å². The summed E-state index contributed by atoms with van der Waals surface area (Å²) >= 11 is 1.73. The lowest BCUT2D eigenvalue weighted by Gasteiger charge is -2.19. The van der Waals surface area contributed by atoms with Crippen LogP contribution in [-0.2, 0) is 18.3 Å². The molecule has 1 aromatic carbocycles. The SMILES string of the molecule is CC(C)(C)c1ccc(C(=O)Nc2cc3c(s2)CCCC3)cc1. The molecule has 1 aliphatic rings. The number of carbonyl (C=O) groups excluding carboxylic acids is 1. The van der Waals surface area contributed by atoms with E-state index < -0.39 is 0 Å². The van der Waals surface area contributed by atoms with Crippen molar-refractivity contribution < 1.29 is 4.79 Å². The first-order chi connectivity index (χ1) is 10.4. The standard InChI is InChI=1S/C19H23NOS/c1-19(2,3)15-10-8-13(9-11-15)18(21)20-17-12-14-6-4-5-7-16(14)22-17/h8-12H,4-7H2,1-3H3,(H,20,21). The van der Waals surface area contributed by atoms with E-state index in [0.717, 1.165) is 23.4 Å². The molecular weight excluding hydrogens is 290 g/mol. The van der Waals surface area contributed by atoms with Crippen LogP contribution in [0.4, 0.5) is 5.00 Å². The third-order valence-electron chi connectivity index (χ3n) is 4.25. The largest absolute Gasteiger partial charge is 0.314 e. The van der Waals surface area contributed by atoms with Crippen LogP contribution >= 0.6 is 11.3 Å². The van der Waals surface area contributed by atoms with Crippen LogP contribution in [-0.4, -0.2) is 5.91 Å². The van der Waals surface area contributed by atoms with Crippen LogP contribution in [0.5, 0.6) is 0 Å². The minimum absolute atomic E-state index is 0.0148. The van der Waals surface area contributed by atoms with Crippen LogP contribution in [0.1, 0.15) is 60.0 Å². The summed E-state index contributed by atoms with van der Waals surface area (Å²) in [5.41, 5.74) is 3.51. The molecule has 1 N–H and O–H groups in total. The Morgan fingerprint density at radius 1 is 1.09 bits per heavy atom. The molecule has 2 aromatic rings. The van der Waals surface area contributed by atoms with Crippen LogP contribution in [0.2, 0.25) is 0 Å². The van der Waals surface area contributed by atoms with Crippen molar-refractivity contribution in [3.8, 4) is 0 Å². The summed E-state index contributed by atoms with van der Waals surface area (Å²) in [5.74, 6) is -0.0148. The highest BCUT2D eigenvalue weighted by atomic mass is 32.1. The number of amides is 1. The Kier molecular flexibility index (Phi) is 4.09. The number of benzene rings is 1. The summed E-state index contributed by atoms with van der Waals surface area (Å²) in [4.78, 5) is 13.8. The highest BCUT2D eigenvalue weighted by molar-refractivity contribution is 7.16. The van der Waals surface area contributed by atoms with E-state index in [0.29, 0.717) is 0 Å². The van der Waals surface area contributed by atoms with Gasteiger partial charge in [0.15, 0.2) is 0 Å². The molecule has 2 nitrogen and oxygen atoms in total. The van der Waals surface area contributed by atoms with Gasteiger partial charge in [-0.2, -0.15) is 0 Å². The number of anilines is 1. The van der Waals surface area contributed by atoms with Gasteiger partial charge in [-0.05, 0) is 60.4 Å². The molecule has 0 fully saturated rings. The highest BCUT2D eigenvalue weighted by Gasteiger charge is 2.16. The van der Waals surface area contributed by atoms with Gasteiger partial charge in [-0.3, -0.25) is 4.79 Å². The van der Waals surface area contributed by atoms with Crippen molar-refractivity contribution in [2.75, 3.05) is 5.32 Å². The second-order valence-electron chi connectivity index (χ2n) is 7.05. The molecule has 0 aliphatic heterocycles. The number of carbonyl (C=O) groups is 1. The number of hydrogen-bond acceptors (Lipinski definition) is 2. The summed E-state index contributed by atoms with van der Waals surface area (Å²) in [6, 6.07) is 10.1. The Labute approximate surface area is 136 Å². The van der Waals surface area contributed by atoms with Gasteiger partial charge in [0.05, 0.1) is 5.00 Å². The van der Waals surface area contributed by atoms with Gasteiger partial charge in [0, 0.05) is 10.4 Å². The Morgan fingerprint density at radius 3 is 2.41 bits per heavy atom. The first kappa shape index (κ1) is 15.3. The first-order valence-electron chi connectivity index (χ1n) is 7.97. The van der Waals surface area contributed by atoms with Gasteiger partial charge in [-0.15, -0.1) is 11.3 Å². The van der Waals surface area contributed by atoms with E-state index in [1.54, 1.807) is 11.3 Å². The van der Waals surface area contributed by atoms with E-state index in [-0.39, 0.29) is 11.3 Å². The molecule has 0 radical (unpaired) electrons. The minimum atomic E-state index is -0.0148. The van der Waals surface area contributed by atoms with Gasteiger partial charge in [-0.1, -0.05) is 32.9 Å². The van der Waals surface area contributed by atoms with Crippen molar-refractivity contribution in [1.82, 2.24) is 0 Å². The number of nitrogens with one attached hydrogen (secondary N) is 1. The summed E-state index contributed by atoms with van der Waals surface area (Å²) in [6.07, 6.45) is 4.86. The van der Waals surface area contributed by atoms with Crippen LogP contribution in [0.25, 0.3) is 0 Å². The molecule has 3 rings (SSSR count). The van der Waals surface area contributed by atoms with Crippen molar-refractivity contribution >= 4 is 22.2 Å². The smallest absolute Gasteiger partial charge is 0.256 e. The monoisotopic (exact) mass is 313 g/mol. The molecular formula is C19H23NOS. The third kappa shape index (κ3) is 3.25. The minimum Gasteiger partial charge on any atom is -0.314 e. The number of rotatable bonds is 2. The highest BCUT2D eigenvalue weighted by Crippen LogP contribution is 2.33. The molecule has 0 spiro atoms. The molecule has 1 amide bonds. The lowest BCUT2D eigenvalue weighted by Crippen LogP contribution is -2.13. The van der Waals surface area contributed by atoms with E-state index >= 15 is 0 Å². The zero-order valence-electron chi connectivity index (χ0n) is 13.5. The molecule has 1 aromatic heterocycles. The Balaban J connectivity index is 1.73. The number of aryl methyl sites for hydroxylation is 2. The predicted molar refractivity (Wildman–Crippen MR) is 94.1 cm³/mol.